The fraction of sp³-hybridized carbons (Fsp3) is 0.538. The quantitative estimate of drug-likeness (QED) is 0.818. The maximum absolute atomic E-state index is 12.0. The Balaban J connectivity index is 2.69. The molecule has 0 spiro atoms. The van der Waals surface area contributed by atoms with Gasteiger partial charge in [-0.15, -0.1) is 0 Å². The maximum atomic E-state index is 12.0. The summed E-state index contributed by atoms with van der Waals surface area (Å²) >= 11 is 0. The van der Waals surface area contributed by atoms with Gasteiger partial charge in [0.2, 0.25) is 10.0 Å². The van der Waals surface area contributed by atoms with E-state index < -0.39 is 19.9 Å². The fourth-order valence-corrected chi connectivity index (χ4v) is 4.26. The molecule has 0 atom stereocenters. The molecular formula is C13H21NO4S2. The van der Waals surface area contributed by atoms with Gasteiger partial charge in [-0.25, -0.2) is 21.6 Å². The van der Waals surface area contributed by atoms with Crippen molar-refractivity contribution in [1.29, 1.82) is 0 Å². The summed E-state index contributed by atoms with van der Waals surface area (Å²) in [6, 6.07) is 5.69. The highest BCUT2D eigenvalue weighted by molar-refractivity contribution is 7.91. The van der Waals surface area contributed by atoms with Crippen molar-refractivity contribution in [3.8, 4) is 0 Å². The third-order valence-corrected chi connectivity index (χ3v) is 6.17. The summed E-state index contributed by atoms with van der Waals surface area (Å²) < 4.78 is 48.7. The molecule has 0 aliphatic carbocycles. The topological polar surface area (TPSA) is 80.3 Å². The van der Waals surface area contributed by atoms with E-state index in [2.05, 4.69) is 4.72 Å². The zero-order valence-corrected chi connectivity index (χ0v) is 13.6. The second-order valence-electron chi connectivity index (χ2n) is 4.90. The highest BCUT2D eigenvalue weighted by Crippen LogP contribution is 2.15. The number of benzene rings is 1. The number of nitrogens with one attached hydrogen (secondary N) is 1. The lowest BCUT2D eigenvalue weighted by Gasteiger charge is -2.08. The number of hydrogen-bond acceptors (Lipinski definition) is 4. The molecule has 0 aromatic heterocycles. The van der Waals surface area contributed by atoms with Crippen molar-refractivity contribution in [3.05, 3.63) is 34.9 Å². The molecule has 114 valence electrons. The van der Waals surface area contributed by atoms with Gasteiger partial charge in [-0.2, -0.15) is 0 Å². The van der Waals surface area contributed by atoms with Gasteiger partial charge in [-0.05, 0) is 38.4 Å². The average molecular weight is 319 g/mol. The lowest BCUT2D eigenvalue weighted by atomic mass is 10.1. The van der Waals surface area contributed by atoms with Crippen LogP contribution in [0.25, 0.3) is 0 Å². The van der Waals surface area contributed by atoms with Crippen LogP contribution in [-0.2, 0) is 25.6 Å². The molecule has 5 nitrogen and oxygen atoms in total. The normalized spacial score (nSPS) is 12.6. The van der Waals surface area contributed by atoms with Crippen LogP contribution in [0.1, 0.15) is 23.1 Å². The van der Waals surface area contributed by atoms with Crippen molar-refractivity contribution in [2.75, 3.05) is 18.6 Å². The molecule has 0 unspecified atom stereocenters. The Labute approximate surface area is 121 Å². The van der Waals surface area contributed by atoms with Crippen LogP contribution >= 0.6 is 0 Å². The van der Waals surface area contributed by atoms with Crippen LogP contribution in [0.4, 0.5) is 0 Å². The number of sulfonamides is 1. The molecular weight excluding hydrogens is 298 g/mol. The Morgan fingerprint density at radius 2 is 1.70 bits per heavy atom. The summed E-state index contributed by atoms with van der Waals surface area (Å²) in [5.74, 6) is -0.336. The van der Waals surface area contributed by atoms with E-state index in [0.717, 1.165) is 16.7 Å². The van der Waals surface area contributed by atoms with Gasteiger partial charge >= 0.3 is 0 Å². The Bertz CT molecular complexity index is 664. The van der Waals surface area contributed by atoms with Gasteiger partial charge in [0.05, 0.1) is 17.3 Å². The number of hydrogen-bond donors (Lipinski definition) is 1. The Kier molecular flexibility index (Phi) is 5.73. The smallest absolute Gasteiger partial charge is 0.211 e. The molecule has 20 heavy (non-hydrogen) atoms. The standard InChI is InChI=1S/C13H21NO4S2/c1-11-5-6-12(2)13(9-11)10-19(15,16)7-4-8-20(17,18)14-3/h5-6,9,14H,4,7-8,10H2,1-3H3. The first-order valence-corrected chi connectivity index (χ1v) is 9.80. The van der Waals surface area contributed by atoms with E-state index in [4.69, 9.17) is 0 Å². The van der Waals surface area contributed by atoms with Crippen LogP contribution in [-0.4, -0.2) is 35.4 Å². The van der Waals surface area contributed by atoms with Crippen LogP contribution < -0.4 is 4.72 Å². The minimum atomic E-state index is -3.34. The minimum absolute atomic E-state index is 0.0416. The van der Waals surface area contributed by atoms with Gasteiger partial charge in [0.15, 0.2) is 9.84 Å². The zero-order valence-electron chi connectivity index (χ0n) is 12.0. The van der Waals surface area contributed by atoms with E-state index in [9.17, 15) is 16.8 Å². The summed E-state index contributed by atoms with van der Waals surface area (Å²) in [5, 5.41) is 0. The van der Waals surface area contributed by atoms with E-state index in [0.29, 0.717) is 0 Å². The van der Waals surface area contributed by atoms with Crippen LogP contribution in [0.2, 0.25) is 0 Å². The SMILES string of the molecule is CNS(=O)(=O)CCCS(=O)(=O)Cc1cc(C)ccc1C. The molecule has 0 heterocycles. The molecule has 0 bridgehead atoms. The fourth-order valence-electron chi connectivity index (χ4n) is 1.84. The summed E-state index contributed by atoms with van der Waals surface area (Å²) in [4.78, 5) is 0. The predicted molar refractivity (Wildman–Crippen MR) is 80.9 cm³/mol. The van der Waals surface area contributed by atoms with Crippen LogP contribution in [0, 0.1) is 13.8 Å². The maximum Gasteiger partial charge on any atom is 0.211 e. The highest BCUT2D eigenvalue weighted by Gasteiger charge is 2.16. The molecule has 0 aliphatic heterocycles. The zero-order chi connectivity index (χ0) is 15.4. The van der Waals surface area contributed by atoms with Gasteiger partial charge in [-0.3, -0.25) is 0 Å². The van der Waals surface area contributed by atoms with Crippen molar-refractivity contribution in [2.24, 2.45) is 0 Å². The first kappa shape index (κ1) is 17.1. The summed E-state index contributed by atoms with van der Waals surface area (Å²) in [6.07, 6.45) is 0.108. The van der Waals surface area contributed by atoms with Crippen LogP contribution in [0.3, 0.4) is 0 Å². The minimum Gasteiger partial charge on any atom is -0.228 e. The molecule has 0 saturated carbocycles. The number of aryl methyl sites for hydroxylation is 2. The van der Waals surface area contributed by atoms with Crippen molar-refractivity contribution in [2.45, 2.75) is 26.0 Å². The van der Waals surface area contributed by atoms with Gasteiger partial charge in [0, 0.05) is 0 Å². The van der Waals surface area contributed by atoms with Crippen molar-refractivity contribution < 1.29 is 16.8 Å². The molecule has 1 aromatic carbocycles. The first-order valence-electron chi connectivity index (χ1n) is 6.33. The van der Waals surface area contributed by atoms with E-state index >= 15 is 0 Å². The third-order valence-electron chi connectivity index (χ3n) is 3.06. The van der Waals surface area contributed by atoms with Crippen LogP contribution in [0.5, 0.6) is 0 Å². The molecule has 0 fully saturated rings. The lowest BCUT2D eigenvalue weighted by Crippen LogP contribution is -2.23. The monoisotopic (exact) mass is 319 g/mol. The van der Waals surface area contributed by atoms with Gasteiger partial charge in [0.25, 0.3) is 0 Å². The molecule has 1 N–H and O–H groups in total. The van der Waals surface area contributed by atoms with E-state index in [-0.39, 0.29) is 23.7 Å². The molecule has 0 saturated heterocycles. The summed E-state index contributed by atoms with van der Waals surface area (Å²) in [6.45, 7) is 3.78. The highest BCUT2D eigenvalue weighted by atomic mass is 32.2. The van der Waals surface area contributed by atoms with Gasteiger partial charge in [0.1, 0.15) is 0 Å². The molecule has 1 rings (SSSR count). The largest absolute Gasteiger partial charge is 0.228 e. The van der Waals surface area contributed by atoms with E-state index in [1.807, 2.05) is 32.0 Å². The average Bonchev–Trinajstić information content (AvgIpc) is 2.33. The predicted octanol–water partition coefficient (Wildman–Crippen LogP) is 1.16. The second-order valence-corrected chi connectivity index (χ2v) is 9.13. The van der Waals surface area contributed by atoms with Crippen molar-refractivity contribution >= 4 is 19.9 Å². The third kappa shape index (κ3) is 5.60. The Morgan fingerprint density at radius 3 is 2.30 bits per heavy atom. The summed E-state index contributed by atoms with van der Waals surface area (Å²) in [7, 11) is -5.32. The Hall–Kier alpha value is -0.920. The molecule has 7 heteroatoms. The molecule has 0 aliphatic rings. The first-order chi connectivity index (χ1) is 9.15. The van der Waals surface area contributed by atoms with E-state index in [1.165, 1.54) is 7.05 Å². The molecule has 1 aromatic rings. The van der Waals surface area contributed by atoms with Crippen LogP contribution in [0.15, 0.2) is 18.2 Å². The lowest BCUT2D eigenvalue weighted by molar-refractivity contribution is 0.584. The Morgan fingerprint density at radius 1 is 1.05 bits per heavy atom. The van der Waals surface area contributed by atoms with Gasteiger partial charge < -0.3 is 0 Å². The van der Waals surface area contributed by atoms with E-state index in [1.54, 1.807) is 0 Å². The second kappa shape index (κ2) is 6.69. The number of sulfone groups is 1. The van der Waals surface area contributed by atoms with Crippen molar-refractivity contribution in [3.63, 3.8) is 0 Å². The molecule has 0 amide bonds. The number of rotatable bonds is 7. The van der Waals surface area contributed by atoms with Crippen molar-refractivity contribution in [1.82, 2.24) is 4.72 Å². The summed E-state index contributed by atoms with van der Waals surface area (Å²) in [5.41, 5.74) is 2.72. The van der Waals surface area contributed by atoms with Gasteiger partial charge in [-0.1, -0.05) is 23.8 Å². The molecule has 0 radical (unpaired) electrons.